The fourth-order valence-corrected chi connectivity index (χ4v) is 3.18. The van der Waals surface area contributed by atoms with Gasteiger partial charge in [0.05, 0.1) is 16.3 Å². The molecule has 0 aliphatic rings. The van der Waals surface area contributed by atoms with E-state index in [-0.39, 0.29) is 22.7 Å². The minimum Gasteiger partial charge on any atom is -0.368 e. The van der Waals surface area contributed by atoms with Crippen molar-refractivity contribution >= 4 is 40.9 Å². The fraction of sp³-hybridized carbons (Fsp3) is 0.118. The first-order chi connectivity index (χ1) is 12.8. The summed E-state index contributed by atoms with van der Waals surface area (Å²) in [6.07, 6.45) is -4.52. The number of nitrogen functional groups attached to an aromatic ring is 1. The minimum atomic E-state index is -4.52. The monoisotopic (exact) mass is 411 g/mol. The molecule has 140 valence electrons. The van der Waals surface area contributed by atoms with Crippen LogP contribution in [0.1, 0.15) is 11.4 Å². The topological polar surface area (TPSA) is 76.7 Å². The number of nitrogens with zero attached hydrogens (tertiary/aromatic N) is 3. The third-order valence-electron chi connectivity index (χ3n) is 3.34. The van der Waals surface area contributed by atoms with Gasteiger partial charge in [0, 0.05) is 10.6 Å². The standard InChI is InChI=1S/C17H13ClF3N5S/c18-13-7-6-11(8-12(13)17(19,20)21)27-9-14-24-15(22)26-16(25-14)23-10-4-2-1-3-5-10/h1-8H,9H2,(H3,22,23,24,25,26). The molecule has 27 heavy (non-hydrogen) atoms. The van der Waals surface area contributed by atoms with Crippen molar-refractivity contribution in [2.24, 2.45) is 0 Å². The first-order valence-corrected chi connectivity index (χ1v) is 8.99. The summed E-state index contributed by atoms with van der Waals surface area (Å²) in [4.78, 5) is 12.7. The van der Waals surface area contributed by atoms with Crippen molar-refractivity contribution in [1.29, 1.82) is 0 Å². The molecule has 1 aromatic heterocycles. The van der Waals surface area contributed by atoms with Crippen molar-refractivity contribution in [3.63, 3.8) is 0 Å². The SMILES string of the molecule is Nc1nc(CSc2ccc(Cl)c(C(F)(F)F)c2)nc(Nc2ccccc2)n1. The number of halogens is 4. The first-order valence-electron chi connectivity index (χ1n) is 7.63. The zero-order valence-corrected chi connectivity index (χ0v) is 15.2. The number of anilines is 3. The lowest BCUT2D eigenvalue weighted by molar-refractivity contribution is -0.137. The highest BCUT2D eigenvalue weighted by Crippen LogP contribution is 2.37. The average molecular weight is 412 g/mol. The molecule has 2 aromatic carbocycles. The van der Waals surface area contributed by atoms with Crippen LogP contribution in [0.2, 0.25) is 5.02 Å². The molecule has 5 nitrogen and oxygen atoms in total. The van der Waals surface area contributed by atoms with Gasteiger partial charge in [-0.25, -0.2) is 0 Å². The molecule has 0 aliphatic carbocycles. The van der Waals surface area contributed by atoms with E-state index in [0.717, 1.165) is 23.5 Å². The Morgan fingerprint density at radius 1 is 1.04 bits per heavy atom. The minimum absolute atomic E-state index is 0.0196. The Hall–Kier alpha value is -2.52. The van der Waals surface area contributed by atoms with E-state index in [1.54, 1.807) is 0 Å². The van der Waals surface area contributed by atoms with Crippen LogP contribution in [0.15, 0.2) is 53.4 Å². The van der Waals surface area contributed by atoms with Gasteiger partial charge in [-0.15, -0.1) is 11.8 Å². The molecule has 10 heteroatoms. The van der Waals surface area contributed by atoms with Gasteiger partial charge < -0.3 is 11.1 Å². The fourth-order valence-electron chi connectivity index (χ4n) is 2.17. The lowest BCUT2D eigenvalue weighted by atomic mass is 10.2. The van der Waals surface area contributed by atoms with Gasteiger partial charge in [0.2, 0.25) is 11.9 Å². The molecule has 0 bridgehead atoms. The van der Waals surface area contributed by atoms with E-state index in [0.29, 0.717) is 10.7 Å². The molecular weight excluding hydrogens is 399 g/mol. The summed E-state index contributed by atoms with van der Waals surface area (Å²) in [6.45, 7) is 0. The molecule has 0 saturated carbocycles. The summed E-state index contributed by atoms with van der Waals surface area (Å²) >= 11 is 6.77. The Labute approximate surface area is 162 Å². The molecule has 1 heterocycles. The lowest BCUT2D eigenvalue weighted by Gasteiger charge is -2.11. The van der Waals surface area contributed by atoms with Crippen LogP contribution < -0.4 is 11.1 Å². The maximum atomic E-state index is 13.0. The molecule has 0 amide bonds. The second-order valence-corrected chi connectivity index (χ2v) is 6.81. The maximum Gasteiger partial charge on any atom is 0.417 e. The highest BCUT2D eigenvalue weighted by Gasteiger charge is 2.33. The van der Waals surface area contributed by atoms with Crippen LogP contribution in [0.5, 0.6) is 0 Å². The second-order valence-electron chi connectivity index (χ2n) is 5.35. The largest absolute Gasteiger partial charge is 0.417 e. The van der Waals surface area contributed by atoms with Crippen molar-refractivity contribution < 1.29 is 13.2 Å². The number of nitrogens with one attached hydrogen (secondary N) is 1. The number of hydrogen-bond acceptors (Lipinski definition) is 6. The smallest absolute Gasteiger partial charge is 0.368 e. The quantitative estimate of drug-likeness (QED) is 0.564. The van der Waals surface area contributed by atoms with Gasteiger partial charge in [-0.3, -0.25) is 0 Å². The van der Waals surface area contributed by atoms with E-state index in [1.165, 1.54) is 12.1 Å². The van der Waals surface area contributed by atoms with Gasteiger partial charge in [-0.05, 0) is 30.3 Å². The summed E-state index contributed by atoms with van der Waals surface area (Å²) in [7, 11) is 0. The first kappa shape index (κ1) is 19.2. The molecule has 0 aliphatic heterocycles. The van der Waals surface area contributed by atoms with Crippen LogP contribution in [-0.4, -0.2) is 15.0 Å². The average Bonchev–Trinajstić information content (AvgIpc) is 2.60. The highest BCUT2D eigenvalue weighted by molar-refractivity contribution is 7.98. The molecular formula is C17H13ClF3N5S. The van der Waals surface area contributed by atoms with Gasteiger partial charge in [-0.2, -0.15) is 28.1 Å². The zero-order chi connectivity index (χ0) is 19.4. The molecule has 0 atom stereocenters. The number of para-hydroxylation sites is 1. The summed E-state index contributed by atoms with van der Waals surface area (Å²) in [5.74, 6) is 0.840. The Morgan fingerprint density at radius 2 is 1.78 bits per heavy atom. The van der Waals surface area contributed by atoms with Crippen molar-refractivity contribution in [2.75, 3.05) is 11.1 Å². The predicted molar refractivity (Wildman–Crippen MR) is 100.0 cm³/mol. The Balaban J connectivity index is 1.75. The molecule has 3 N–H and O–H groups in total. The van der Waals surface area contributed by atoms with Gasteiger partial charge in [0.1, 0.15) is 5.82 Å². The van der Waals surface area contributed by atoms with E-state index in [9.17, 15) is 13.2 Å². The summed E-state index contributed by atoms with van der Waals surface area (Å²) in [5, 5.41) is 2.66. The third kappa shape index (κ3) is 5.24. The number of nitrogens with two attached hydrogens (primary N) is 1. The third-order valence-corrected chi connectivity index (χ3v) is 4.66. The van der Waals surface area contributed by atoms with Crippen LogP contribution in [0.25, 0.3) is 0 Å². The van der Waals surface area contributed by atoms with Crippen molar-refractivity contribution in [3.8, 4) is 0 Å². The van der Waals surface area contributed by atoms with E-state index in [4.69, 9.17) is 17.3 Å². The molecule has 0 unspecified atom stereocenters. The lowest BCUT2D eigenvalue weighted by Crippen LogP contribution is -2.07. The number of rotatable bonds is 5. The van der Waals surface area contributed by atoms with Gasteiger partial charge in [0.15, 0.2) is 0 Å². The number of thioether (sulfide) groups is 1. The van der Waals surface area contributed by atoms with Crippen molar-refractivity contribution in [3.05, 3.63) is 64.9 Å². The summed E-state index contributed by atoms with van der Waals surface area (Å²) in [6, 6.07) is 13.0. The number of hydrogen-bond donors (Lipinski definition) is 2. The molecule has 0 fully saturated rings. The van der Waals surface area contributed by atoms with Crippen LogP contribution in [-0.2, 0) is 11.9 Å². The van der Waals surface area contributed by atoms with E-state index in [1.807, 2.05) is 30.3 Å². The Kier molecular flexibility index (Phi) is 5.71. The predicted octanol–water partition coefficient (Wildman–Crippen LogP) is 5.16. The zero-order valence-electron chi connectivity index (χ0n) is 13.7. The van der Waals surface area contributed by atoms with Gasteiger partial charge >= 0.3 is 6.18 Å². The molecule has 0 saturated heterocycles. The van der Waals surface area contributed by atoms with Crippen LogP contribution in [0, 0.1) is 0 Å². The molecule has 0 radical (unpaired) electrons. The van der Waals surface area contributed by atoms with Crippen molar-refractivity contribution in [1.82, 2.24) is 15.0 Å². The Bertz CT molecular complexity index is 938. The van der Waals surface area contributed by atoms with E-state index < -0.39 is 11.7 Å². The van der Waals surface area contributed by atoms with Gasteiger partial charge in [-0.1, -0.05) is 29.8 Å². The second kappa shape index (κ2) is 8.01. The van der Waals surface area contributed by atoms with Gasteiger partial charge in [0.25, 0.3) is 0 Å². The molecule has 3 aromatic rings. The van der Waals surface area contributed by atoms with E-state index in [2.05, 4.69) is 20.3 Å². The summed E-state index contributed by atoms with van der Waals surface area (Å²) in [5.41, 5.74) is 5.60. The van der Waals surface area contributed by atoms with Crippen LogP contribution in [0.4, 0.5) is 30.8 Å². The maximum absolute atomic E-state index is 13.0. The number of aromatic nitrogens is 3. The normalized spacial score (nSPS) is 11.4. The number of benzene rings is 2. The molecule has 3 rings (SSSR count). The van der Waals surface area contributed by atoms with Crippen LogP contribution >= 0.6 is 23.4 Å². The Morgan fingerprint density at radius 3 is 2.48 bits per heavy atom. The van der Waals surface area contributed by atoms with E-state index >= 15 is 0 Å². The number of alkyl halides is 3. The summed E-state index contributed by atoms with van der Waals surface area (Å²) < 4.78 is 38.9. The molecule has 0 spiro atoms. The van der Waals surface area contributed by atoms with Crippen molar-refractivity contribution in [2.45, 2.75) is 16.8 Å². The highest BCUT2D eigenvalue weighted by atomic mass is 35.5. The van der Waals surface area contributed by atoms with Crippen LogP contribution in [0.3, 0.4) is 0 Å².